The van der Waals surface area contributed by atoms with Crippen molar-refractivity contribution in [2.45, 2.75) is 13.8 Å². The van der Waals surface area contributed by atoms with Crippen LogP contribution in [0.4, 0.5) is 0 Å². The number of carbonyl (C=O) groups is 1. The Bertz CT molecular complexity index is 758. The molecule has 0 radical (unpaired) electrons. The average Bonchev–Trinajstić information content (AvgIpc) is 2.85. The van der Waals surface area contributed by atoms with Gasteiger partial charge in [-0.2, -0.15) is 0 Å². The molecule has 0 saturated carbocycles. The smallest absolute Gasteiger partial charge is 0.363 e. The Labute approximate surface area is 123 Å². The van der Waals surface area contributed by atoms with E-state index in [1.807, 2.05) is 55.5 Å². The Hall–Kier alpha value is -2.68. The standard InChI is InChI=1S/C18H15NO2/c1-12-8-9-14(10-13(12)2)11-16-18(20)21-17(19-16)15-6-4-3-5-7-15/h3-11H,1-2H3/b16-11-. The Morgan fingerprint density at radius 2 is 1.76 bits per heavy atom. The van der Waals surface area contributed by atoms with Gasteiger partial charge in [-0.25, -0.2) is 9.79 Å². The van der Waals surface area contributed by atoms with Gasteiger partial charge < -0.3 is 4.74 Å². The van der Waals surface area contributed by atoms with Crippen molar-refractivity contribution in [3.05, 3.63) is 76.5 Å². The van der Waals surface area contributed by atoms with Gasteiger partial charge in [-0.1, -0.05) is 36.4 Å². The van der Waals surface area contributed by atoms with Crippen LogP contribution in [0.25, 0.3) is 6.08 Å². The lowest BCUT2D eigenvalue weighted by Gasteiger charge is -2.00. The number of hydrogen-bond acceptors (Lipinski definition) is 3. The second-order valence-electron chi connectivity index (χ2n) is 5.05. The number of cyclic esters (lactones) is 1. The van der Waals surface area contributed by atoms with Crippen molar-refractivity contribution in [3.8, 4) is 0 Å². The molecule has 0 fully saturated rings. The summed E-state index contributed by atoms with van der Waals surface area (Å²) in [4.78, 5) is 16.2. The fourth-order valence-electron chi connectivity index (χ4n) is 2.13. The molecule has 0 aliphatic carbocycles. The van der Waals surface area contributed by atoms with E-state index in [0.29, 0.717) is 11.6 Å². The van der Waals surface area contributed by atoms with Gasteiger partial charge in [0.1, 0.15) is 0 Å². The number of esters is 1. The Balaban J connectivity index is 1.95. The van der Waals surface area contributed by atoms with Crippen LogP contribution < -0.4 is 0 Å². The molecule has 3 nitrogen and oxygen atoms in total. The van der Waals surface area contributed by atoms with Crippen molar-refractivity contribution in [3.63, 3.8) is 0 Å². The van der Waals surface area contributed by atoms with Crippen LogP contribution in [0.3, 0.4) is 0 Å². The molecule has 0 saturated heterocycles. The van der Waals surface area contributed by atoms with Crippen LogP contribution >= 0.6 is 0 Å². The molecule has 3 rings (SSSR count). The molecule has 0 spiro atoms. The Morgan fingerprint density at radius 1 is 1.00 bits per heavy atom. The van der Waals surface area contributed by atoms with E-state index in [0.717, 1.165) is 11.1 Å². The SMILES string of the molecule is Cc1ccc(/C=C2\N=C(c3ccccc3)OC2=O)cc1C. The van der Waals surface area contributed by atoms with E-state index < -0.39 is 5.97 Å². The molecule has 0 atom stereocenters. The third kappa shape index (κ3) is 2.77. The molecule has 21 heavy (non-hydrogen) atoms. The second kappa shape index (κ2) is 5.37. The van der Waals surface area contributed by atoms with Gasteiger partial charge in [0.05, 0.1) is 0 Å². The highest BCUT2D eigenvalue weighted by Crippen LogP contribution is 2.20. The number of nitrogens with zero attached hydrogens (tertiary/aromatic N) is 1. The maximum absolute atomic E-state index is 11.9. The minimum absolute atomic E-state index is 0.331. The quantitative estimate of drug-likeness (QED) is 0.621. The predicted molar refractivity (Wildman–Crippen MR) is 83.0 cm³/mol. The molecular formula is C18H15NO2. The largest absolute Gasteiger partial charge is 0.402 e. The molecular weight excluding hydrogens is 262 g/mol. The molecule has 1 aliphatic rings. The normalized spacial score (nSPS) is 16.0. The molecule has 1 heterocycles. The zero-order chi connectivity index (χ0) is 14.8. The summed E-state index contributed by atoms with van der Waals surface area (Å²) in [6.07, 6.45) is 1.75. The van der Waals surface area contributed by atoms with E-state index in [1.54, 1.807) is 6.08 Å². The van der Waals surface area contributed by atoms with Crippen LogP contribution in [0.2, 0.25) is 0 Å². The maximum Gasteiger partial charge on any atom is 0.363 e. The minimum Gasteiger partial charge on any atom is -0.402 e. The van der Waals surface area contributed by atoms with Crippen LogP contribution in [0.1, 0.15) is 22.3 Å². The van der Waals surface area contributed by atoms with Crippen molar-refractivity contribution in [1.29, 1.82) is 0 Å². The number of aliphatic imine (C=N–C) groups is 1. The zero-order valence-corrected chi connectivity index (χ0v) is 12.0. The van der Waals surface area contributed by atoms with E-state index in [-0.39, 0.29) is 0 Å². The number of benzene rings is 2. The summed E-state index contributed by atoms with van der Waals surface area (Å²) < 4.78 is 5.23. The lowest BCUT2D eigenvalue weighted by atomic mass is 10.1. The van der Waals surface area contributed by atoms with Gasteiger partial charge in [-0.05, 0) is 48.7 Å². The van der Waals surface area contributed by atoms with E-state index in [2.05, 4.69) is 11.9 Å². The molecule has 0 bridgehead atoms. The number of rotatable bonds is 2. The van der Waals surface area contributed by atoms with Gasteiger partial charge >= 0.3 is 5.97 Å². The predicted octanol–water partition coefficient (Wildman–Crippen LogP) is 3.65. The van der Waals surface area contributed by atoms with Crippen molar-refractivity contribution >= 4 is 17.9 Å². The van der Waals surface area contributed by atoms with E-state index in [4.69, 9.17) is 4.74 Å². The minimum atomic E-state index is -0.410. The summed E-state index contributed by atoms with van der Waals surface area (Å²) in [6, 6.07) is 15.4. The molecule has 104 valence electrons. The van der Waals surface area contributed by atoms with Gasteiger partial charge in [-0.3, -0.25) is 0 Å². The monoisotopic (exact) mass is 277 g/mol. The lowest BCUT2D eigenvalue weighted by molar-refractivity contribution is -0.129. The molecule has 3 heteroatoms. The van der Waals surface area contributed by atoms with Crippen LogP contribution in [-0.4, -0.2) is 11.9 Å². The number of hydrogen-bond donors (Lipinski definition) is 0. The van der Waals surface area contributed by atoms with Gasteiger partial charge in [0.25, 0.3) is 0 Å². The highest BCUT2D eigenvalue weighted by Gasteiger charge is 2.23. The van der Waals surface area contributed by atoms with E-state index in [1.165, 1.54) is 11.1 Å². The summed E-state index contributed by atoms with van der Waals surface area (Å²) in [5.74, 6) is -0.0530. The topological polar surface area (TPSA) is 38.7 Å². The van der Waals surface area contributed by atoms with Crippen LogP contribution in [-0.2, 0) is 9.53 Å². The average molecular weight is 277 g/mol. The van der Waals surface area contributed by atoms with Gasteiger partial charge in [-0.15, -0.1) is 0 Å². The highest BCUT2D eigenvalue weighted by molar-refractivity contribution is 6.12. The van der Waals surface area contributed by atoms with Crippen molar-refractivity contribution in [1.82, 2.24) is 0 Å². The third-order valence-electron chi connectivity index (χ3n) is 3.48. The Morgan fingerprint density at radius 3 is 2.48 bits per heavy atom. The van der Waals surface area contributed by atoms with Gasteiger partial charge in [0, 0.05) is 5.56 Å². The first kappa shape index (κ1) is 13.3. The fourth-order valence-corrected chi connectivity index (χ4v) is 2.13. The van der Waals surface area contributed by atoms with Crippen LogP contribution in [0, 0.1) is 13.8 Å². The summed E-state index contributed by atoms with van der Waals surface area (Å²) in [5, 5.41) is 0. The summed E-state index contributed by atoms with van der Waals surface area (Å²) >= 11 is 0. The molecule has 0 aromatic heterocycles. The van der Waals surface area contributed by atoms with Gasteiger partial charge in [0.2, 0.25) is 5.90 Å². The van der Waals surface area contributed by atoms with E-state index in [9.17, 15) is 4.79 Å². The fraction of sp³-hybridized carbons (Fsp3) is 0.111. The molecule has 1 aliphatic heterocycles. The third-order valence-corrected chi connectivity index (χ3v) is 3.48. The summed E-state index contributed by atoms with van der Waals surface area (Å²) in [6.45, 7) is 4.10. The molecule has 2 aromatic rings. The number of ether oxygens (including phenoxy) is 1. The number of aryl methyl sites for hydroxylation is 2. The first-order valence-electron chi connectivity index (χ1n) is 6.79. The van der Waals surface area contributed by atoms with Crippen molar-refractivity contribution in [2.75, 3.05) is 0 Å². The molecule has 0 N–H and O–H groups in total. The first-order valence-corrected chi connectivity index (χ1v) is 6.79. The van der Waals surface area contributed by atoms with Crippen molar-refractivity contribution < 1.29 is 9.53 Å². The summed E-state index contributed by atoms with van der Waals surface area (Å²) in [7, 11) is 0. The van der Waals surface area contributed by atoms with Crippen molar-refractivity contribution in [2.24, 2.45) is 4.99 Å². The molecule has 2 aromatic carbocycles. The Kier molecular flexibility index (Phi) is 3.40. The summed E-state index contributed by atoms with van der Waals surface area (Å²) in [5.41, 5.74) is 4.48. The zero-order valence-electron chi connectivity index (χ0n) is 12.0. The lowest BCUT2D eigenvalue weighted by Crippen LogP contribution is -2.04. The van der Waals surface area contributed by atoms with E-state index >= 15 is 0 Å². The molecule has 0 amide bonds. The first-order chi connectivity index (χ1) is 10.1. The molecule has 0 unspecified atom stereocenters. The van der Waals surface area contributed by atoms with Crippen LogP contribution in [0.5, 0.6) is 0 Å². The van der Waals surface area contributed by atoms with Crippen LogP contribution in [0.15, 0.2) is 59.2 Å². The maximum atomic E-state index is 11.9. The second-order valence-corrected chi connectivity index (χ2v) is 5.05. The van der Waals surface area contributed by atoms with Gasteiger partial charge in [0.15, 0.2) is 5.70 Å². The highest BCUT2D eigenvalue weighted by atomic mass is 16.6. The number of carbonyl (C=O) groups excluding carboxylic acids is 1.